The zero-order valence-corrected chi connectivity index (χ0v) is 12.1. The summed E-state index contributed by atoms with van der Waals surface area (Å²) in [5.74, 6) is -0.186. The number of rotatable bonds is 5. The Bertz CT molecular complexity index is 427. The van der Waals surface area contributed by atoms with Gasteiger partial charge in [-0.1, -0.05) is 37.3 Å². The van der Waals surface area contributed by atoms with E-state index in [9.17, 15) is 9.90 Å². The zero-order chi connectivity index (χ0) is 14.4. The van der Waals surface area contributed by atoms with E-state index in [1.807, 2.05) is 30.3 Å². The fourth-order valence-electron chi connectivity index (χ4n) is 2.79. The molecule has 2 rings (SSSR count). The standard InChI is InChI=1S/C16H24N2O2/c1-16(7-9-17-10-8-16)13-18(15(20)12-19)11-14-5-3-2-4-6-14/h2-6,17,19H,7-13H2,1H3. The molecule has 1 heterocycles. The van der Waals surface area contributed by atoms with E-state index in [1.54, 1.807) is 4.90 Å². The molecule has 1 aliphatic rings. The first-order chi connectivity index (χ1) is 9.63. The summed E-state index contributed by atoms with van der Waals surface area (Å²) in [6.45, 7) is 5.11. The molecule has 0 aliphatic carbocycles. The maximum Gasteiger partial charge on any atom is 0.248 e. The second-order valence-corrected chi connectivity index (χ2v) is 5.95. The van der Waals surface area contributed by atoms with Crippen molar-refractivity contribution in [3.8, 4) is 0 Å². The molecule has 1 amide bonds. The lowest BCUT2D eigenvalue weighted by molar-refractivity contribution is -0.136. The van der Waals surface area contributed by atoms with Crippen LogP contribution < -0.4 is 5.32 Å². The summed E-state index contributed by atoms with van der Waals surface area (Å²) in [5.41, 5.74) is 1.25. The molecule has 2 N–H and O–H groups in total. The Morgan fingerprint density at radius 2 is 1.95 bits per heavy atom. The Kier molecular flexibility index (Phi) is 5.15. The van der Waals surface area contributed by atoms with Crippen molar-refractivity contribution in [1.29, 1.82) is 0 Å². The van der Waals surface area contributed by atoms with Crippen molar-refractivity contribution in [2.75, 3.05) is 26.2 Å². The molecule has 1 aromatic carbocycles. The van der Waals surface area contributed by atoms with Crippen molar-refractivity contribution >= 4 is 5.91 Å². The molecule has 0 radical (unpaired) electrons. The third-order valence-corrected chi connectivity index (χ3v) is 4.09. The van der Waals surface area contributed by atoms with Crippen molar-refractivity contribution in [2.24, 2.45) is 5.41 Å². The van der Waals surface area contributed by atoms with E-state index in [0.717, 1.165) is 31.5 Å². The second kappa shape index (κ2) is 6.86. The second-order valence-electron chi connectivity index (χ2n) is 5.95. The van der Waals surface area contributed by atoms with Crippen molar-refractivity contribution in [3.63, 3.8) is 0 Å². The predicted molar refractivity (Wildman–Crippen MR) is 79.2 cm³/mol. The topological polar surface area (TPSA) is 52.6 Å². The van der Waals surface area contributed by atoms with Gasteiger partial charge in [0.05, 0.1) is 0 Å². The number of nitrogens with zero attached hydrogens (tertiary/aromatic N) is 1. The number of nitrogens with one attached hydrogen (secondary N) is 1. The molecule has 1 aromatic rings. The summed E-state index contributed by atoms with van der Waals surface area (Å²) in [7, 11) is 0. The number of benzene rings is 1. The first kappa shape index (κ1) is 15.0. The normalized spacial score (nSPS) is 17.7. The molecular formula is C16H24N2O2. The highest BCUT2D eigenvalue weighted by Crippen LogP contribution is 2.29. The minimum absolute atomic E-state index is 0.144. The maximum atomic E-state index is 12.0. The lowest BCUT2D eigenvalue weighted by atomic mass is 9.80. The van der Waals surface area contributed by atoms with Crippen LogP contribution in [0.3, 0.4) is 0 Å². The van der Waals surface area contributed by atoms with Crippen LogP contribution in [0.2, 0.25) is 0 Å². The van der Waals surface area contributed by atoms with Gasteiger partial charge >= 0.3 is 0 Å². The molecule has 0 unspecified atom stereocenters. The number of hydrogen-bond acceptors (Lipinski definition) is 3. The van der Waals surface area contributed by atoms with Gasteiger partial charge in [0.15, 0.2) is 0 Å². The molecule has 4 nitrogen and oxygen atoms in total. The van der Waals surface area contributed by atoms with E-state index in [1.165, 1.54) is 0 Å². The van der Waals surface area contributed by atoms with Gasteiger partial charge in [-0.15, -0.1) is 0 Å². The van der Waals surface area contributed by atoms with Crippen molar-refractivity contribution < 1.29 is 9.90 Å². The molecule has 1 aliphatic heterocycles. The third kappa shape index (κ3) is 4.05. The summed E-state index contributed by atoms with van der Waals surface area (Å²) in [4.78, 5) is 13.8. The first-order valence-electron chi connectivity index (χ1n) is 7.26. The van der Waals surface area contributed by atoms with Gasteiger partial charge in [0.2, 0.25) is 5.91 Å². The van der Waals surface area contributed by atoms with Gasteiger partial charge < -0.3 is 15.3 Å². The molecule has 0 spiro atoms. The zero-order valence-electron chi connectivity index (χ0n) is 12.1. The number of carbonyl (C=O) groups is 1. The molecule has 20 heavy (non-hydrogen) atoms. The number of amides is 1. The quantitative estimate of drug-likeness (QED) is 0.854. The van der Waals surface area contributed by atoms with Gasteiger partial charge in [0.1, 0.15) is 6.61 Å². The minimum Gasteiger partial charge on any atom is -0.387 e. The van der Waals surface area contributed by atoms with Gasteiger partial charge in [-0.05, 0) is 36.9 Å². The number of aliphatic hydroxyl groups is 1. The highest BCUT2D eigenvalue weighted by Gasteiger charge is 2.30. The number of piperidine rings is 1. The first-order valence-corrected chi connectivity index (χ1v) is 7.26. The monoisotopic (exact) mass is 276 g/mol. The molecule has 0 aromatic heterocycles. The summed E-state index contributed by atoms with van der Waals surface area (Å²) < 4.78 is 0. The van der Waals surface area contributed by atoms with Crippen molar-refractivity contribution in [2.45, 2.75) is 26.3 Å². The Balaban J connectivity index is 2.05. The van der Waals surface area contributed by atoms with E-state index in [-0.39, 0.29) is 11.3 Å². The maximum absolute atomic E-state index is 12.0. The van der Waals surface area contributed by atoms with Crippen LogP contribution in [-0.4, -0.2) is 42.2 Å². The molecule has 0 saturated carbocycles. The summed E-state index contributed by atoms with van der Waals surface area (Å²) in [6, 6.07) is 9.95. The third-order valence-electron chi connectivity index (χ3n) is 4.09. The van der Waals surface area contributed by atoms with E-state index >= 15 is 0 Å². The van der Waals surface area contributed by atoms with Crippen LogP contribution in [0.1, 0.15) is 25.3 Å². The van der Waals surface area contributed by atoms with Crippen molar-refractivity contribution in [3.05, 3.63) is 35.9 Å². The summed E-state index contributed by atoms with van der Waals surface area (Å²) in [5, 5.41) is 12.5. The lowest BCUT2D eigenvalue weighted by Gasteiger charge is -2.38. The van der Waals surface area contributed by atoms with Gasteiger partial charge in [-0.25, -0.2) is 0 Å². The lowest BCUT2D eigenvalue weighted by Crippen LogP contribution is -2.45. The fourth-order valence-corrected chi connectivity index (χ4v) is 2.79. The van der Waals surface area contributed by atoms with E-state index in [2.05, 4.69) is 12.2 Å². The minimum atomic E-state index is -0.416. The summed E-state index contributed by atoms with van der Waals surface area (Å²) >= 11 is 0. The Hall–Kier alpha value is -1.39. The van der Waals surface area contributed by atoms with Gasteiger partial charge in [0, 0.05) is 13.1 Å². The average Bonchev–Trinajstić information content (AvgIpc) is 2.47. The van der Waals surface area contributed by atoms with Crippen LogP contribution in [0, 0.1) is 5.41 Å². The average molecular weight is 276 g/mol. The molecule has 1 fully saturated rings. The SMILES string of the molecule is CC1(CN(Cc2ccccc2)C(=O)CO)CCNCC1. The van der Waals surface area contributed by atoms with Gasteiger partial charge in [-0.3, -0.25) is 4.79 Å². The highest BCUT2D eigenvalue weighted by atomic mass is 16.3. The molecular weight excluding hydrogens is 252 g/mol. The number of hydrogen-bond donors (Lipinski definition) is 2. The van der Waals surface area contributed by atoms with Crippen LogP contribution in [0.5, 0.6) is 0 Å². The molecule has 0 atom stereocenters. The molecule has 110 valence electrons. The highest BCUT2D eigenvalue weighted by molar-refractivity contribution is 5.77. The smallest absolute Gasteiger partial charge is 0.248 e. The van der Waals surface area contributed by atoms with Crippen LogP contribution in [-0.2, 0) is 11.3 Å². The number of carbonyl (C=O) groups excluding carboxylic acids is 1. The number of aliphatic hydroxyl groups excluding tert-OH is 1. The van der Waals surface area contributed by atoms with Crippen LogP contribution >= 0.6 is 0 Å². The van der Waals surface area contributed by atoms with Crippen LogP contribution in [0.15, 0.2) is 30.3 Å². The Morgan fingerprint density at radius 1 is 1.30 bits per heavy atom. The molecule has 4 heteroatoms. The molecule has 0 bridgehead atoms. The van der Waals surface area contributed by atoms with E-state index in [4.69, 9.17) is 0 Å². The van der Waals surface area contributed by atoms with Gasteiger partial charge in [0.25, 0.3) is 0 Å². The molecule has 1 saturated heterocycles. The van der Waals surface area contributed by atoms with E-state index in [0.29, 0.717) is 13.1 Å². The van der Waals surface area contributed by atoms with Crippen LogP contribution in [0.4, 0.5) is 0 Å². The largest absolute Gasteiger partial charge is 0.387 e. The fraction of sp³-hybridized carbons (Fsp3) is 0.562. The van der Waals surface area contributed by atoms with Crippen molar-refractivity contribution in [1.82, 2.24) is 10.2 Å². The van der Waals surface area contributed by atoms with E-state index < -0.39 is 6.61 Å². The van der Waals surface area contributed by atoms with Gasteiger partial charge in [-0.2, -0.15) is 0 Å². The Labute approximate surface area is 120 Å². The Morgan fingerprint density at radius 3 is 2.55 bits per heavy atom. The summed E-state index contributed by atoms with van der Waals surface area (Å²) in [6.07, 6.45) is 2.13. The van der Waals surface area contributed by atoms with Crippen LogP contribution in [0.25, 0.3) is 0 Å². The predicted octanol–water partition coefficient (Wildman–Crippen LogP) is 1.40.